The zero-order valence-corrected chi connectivity index (χ0v) is 19.8. The van der Waals surface area contributed by atoms with Crippen molar-refractivity contribution in [1.29, 1.82) is 0 Å². The Bertz CT molecular complexity index is 926. The molecule has 1 aromatic carbocycles. The first-order valence-corrected chi connectivity index (χ1v) is 12.5. The van der Waals surface area contributed by atoms with Crippen molar-refractivity contribution in [1.82, 2.24) is 5.32 Å². The predicted octanol–water partition coefficient (Wildman–Crippen LogP) is 6.86. The molecule has 1 N–H and O–H groups in total. The molecule has 0 saturated heterocycles. The average molecular weight is 418 g/mol. The minimum atomic E-state index is 0.0493. The lowest BCUT2D eigenvalue weighted by atomic mass is 9.61. The van der Waals surface area contributed by atoms with Gasteiger partial charge in [-0.1, -0.05) is 68.0 Å². The highest BCUT2D eigenvalue weighted by molar-refractivity contribution is 5.86. The average Bonchev–Trinajstić information content (AvgIpc) is 2.71. The predicted molar refractivity (Wildman–Crippen MR) is 130 cm³/mol. The molecule has 0 radical (unpaired) electrons. The highest BCUT2D eigenvalue weighted by atomic mass is 16.5. The van der Waals surface area contributed by atoms with Gasteiger partial charge in [-0.05, 0) is 74.6 Å². The molecule has 0 aromatic heterocycles. The van der Waals surface area contributed by atoms with Crippen LogP contribution in [0.5, 0.6) is 5.75 Å². The summed E-state index contributed by atoms with van der Waals surface area (Å²) in [7, 11) is 1.82. The molecule has 1 aromatic rings. The number of ether oxygens (including phenoxy) is 1. The van der Waals surface area contributed by atoms with Crippen LogP contribution in [0.4, 0.5) is 0 Å². The third-order valence-electron chi connectivity index (χ3n) is 8.25. The summed E-state index contributed by atoms with van der Waals surface area (Å²) in [6.45, 7) is 6.98. The zero-order chi connectivity index (χ0) is 21.6. The van der Waals surface area contributed by atoms with Crippen LogP contribution in [-0.4, -0.2) is 18.7 Å². The van der Waals surface area contributed by atoms with E-state index in [-0.39, 0.29) is 5.54 Å². The Hall–Kier alpha value is -1.80. The SMILES string of the molecule is COc1cccc2c1C1=C(C(C3CCCCCCC3)C2)C2C(C)=CC(C)(C)NC2C=C1. The highest BCUT2D eigenvalue weighted by Crippen LogP contribution is 2.52. The molecule has 31 heavy (non-hydrogen) atoms. The van der Waals surface area contributed by atoms with Gasteiger partial charge in [0.1, 0.15) is 5.75 Å². The van der Waals surface area contributed by atoms with Crippen LogP contribution in [0.1, 0.15) is 76.8 Å². The largest absolute Gasteiger partial charge is 0.496 e. The van der Waals surface area contributed by atoms with Gasteiger partial charge in [0, 0.05) is 23.1 Å². The molecule has 1 fully saturated rings. The van der Waals surface area contributed by atoms with Gasteiger partial charge in [-0.15, -0.1) is 0 Å². The molecule has 2 nitrogen and oxygen atoms in total. The standard InChI is InChI=1S/C29H39NO/c1-19-18-29(2,3)30-24-16-15-22-27-21(13-10-14-25(27)31-4)17-23(28(22)26(19)24)20-11-8-6-5-7-9-12-20/h10,13-16,18,20,23-24,26,30H,5-9,11-12,17H2,1-4H3. The Labute approximate surface area is 188 Å². The quantitative estimate of drug-likeness (QED) is 0.530. The number of hydrogen-bond donors (Lipinski definition) is 1. The molecule has 1 heterocycles. The molecular weight excluding hydrogens is 378 g/mol. The second kappa shape index (κ2) is 8.28. The molecule has 0 bridgehead atoms. The van der Waals surface area contributed by atoms with E-state index in [1.54, 1.807) is 11.1 Å². The molecular formula is C29H39NO. The molecule has 3 unspecified atom stereocenters. The summed E-state index contributed by atoms with van der Waals surface area (Å²) in [6, 6.07) is 7.07. The van der Waals surface area contributed by atoms with E-state index in [2.05, 4.69) is 62.5 Å². The molecule has 1 saturated carbocycles. The summed E-state index contributed by atoms with van der Waals surface area (Å²) < 4.78 is 5.88. The van der Waals surface area contributed by atoms with E-state index in [9.17, 15) is 0 Å². The first-order valence-electron chi connectivity index (χ1n) is 12.5. The second-order valence-corrected chi connectivity index (χ2v) is 10.9. The van der Waals surface area contributed by atoms with Crippen LogP contribution < -0.4 is 10.1 Å². The highest BCUT2D eigenvalue weighted by Gasteiger charge is 2.43. The smallest absolute Gasteiger partial charge is 0.126 e. The summed E-state index contributed by atoms with van der Waals surface area (Å²) >= 11 is 0. The van der Waals surface area contributed by atoms with E-state index >= 15 is 0 Å². The maximum Gasteiger partial charge on any atom is 0.126 e. The minimum absolute atomic E-state index is 0.0493. The summed E-state index contributed by atoms with van der Waals surface area (Å²) in [4.78, 5) is 0. The fourth-order valence-corrected chi connectivity index (χ4v) is 7.10. The Kier molecular flexibility index (Phi) is 5.63. The first kappa shape index (κ1) is 21.1. The first-order chi connectivity index (χ1) is 15.0. The molecule has 1 aliphatic heterocycles. The lowest BCUT2D eigenvalue weighted by Crippen LogP contribution is -2.53. The van der Waals surface area contributed by atoms with Crippen molar-refractivity contribution in [2.45, 2.75) is 83.7 Å². The summed E-state index contributed by atoms with van der Waals surface area (Å²) in [6.07, 6.45) is 18.4. The van der Waals surface area contributed by atoms with Gasteiger partial charge in [-0.3, -0.25) is 0 Å². The van der Waals surface area contributed by atoms with Crippen LogP contribution in [0.25, 0.3) is 5.57 Å². The number of nitrogens with one attached hydrogen (secondary N) is 1. The Balaban J connectivity index is 1.66. The van der Waals surface area contributed by atoms with E-state index in [0.29, 0.717) is 17.9 Å². The van der Waals surface area contributed by atoms with Crippen LogP contribution in [0.2, 0.25) is 0 Å². The van der Waals surface area contributed by atoms with Crippen LogP contribution in [0, 0.1) is 17.8 Å². The van der Waals surface area contributed by atoms with Crippen LogP contribution >= 0.6 is 0 Å². The van der Waals surface area contributed by atoms with Gasteiger partial charge in [0.2, 0.25) is 0 Å². The van der Waals surface area contributed by atoms with Gasteiger partial charge < -0.3 is 10.1 Å². The van der Waals surface area contributed by atoms with E-state index < -0.39 is 0 Å². The topological polar surface area (TPSA) is 21.3 Å². The monoisotopic (exact) mass is 417 g/mol. The van der Waals surface area contributed by atoms with Crippen LogP contribution in [0.15, 0.2) is 47.6 Å². The molecule has 0 amide bonds. The van der Waals surface area contributed by atoms with Crippen LogP contribution in [0.3, 0.4) is 0 Å². The van der Waals surface area contributed by atoms with Gasteiger partial charge >= 0.3 is 0 Å². The summed E-state index contributed by atoms with van der Waals surface area (Å²) in [5, 5.41) is 3.93. The van der Waals surface area contributed by atoms with Crippen molar-refractivity contribution in [3.63, 3.8) is 0 Å². The van der Waals surface area contributed by atoms with Crippen molar-refractivity contribution in [2.24, 2.45) is 17.8 Å². The normalized spacial score (nSPS) is 30.5. The third kappa shape index (κ3) is 3.82. The molecule has 2 heteroatoms. The number of fused-ring (bicyclic) bond motifs is 4. The molecule has 166 valence electrons. The molecule has 3 aliphatic carbocycles. The van der Waals surface area contributed by atoms with E-state index in [1.165, 1.54) is 68.1 Å². The van der Waals surface area contributed by atoms with Gasteiger partial charge in [0.05, 0.1) is 7.11 Å². The van der Waals surface area contributed by atoms with Crippen molar-refractivity contribution in [3.05, 3.63) is 58.7 Å². The Morgan fingerprint density at radius 3 is 2.52 bits per heavy atom. The number of methoxy groups -OCH3 is 1. The number of allylic oxidation sites excluding steroid dienone is 2. The van der Waals surface area contributed by atoms with Crippen molar-refractivity contribution >= 4 is 5.57 Å². The zero-order valence-electron chi connectivity index (χ0n) is 19.8. The van der Waals surface area contributed by atoms with Crippen molar-refractivity contribution in [3.8, 4) is 5.75 Å². The number of rotatable bonds is 2. The Morgan fingerprint density at radius 1 is 1.03 bits per heavy atom. The lowest BCUT2D eigenvalue weighted by Gasteiger charge is -2.48. The number of benzene rings is 1. The van der Waals surface area contributed by atoms with Gasteiger partial charge in [0.15, 0.2) is 0 Å². The third-order valence-corrected chi connectivity index (χ3v) is 8.25. The molecule has 4 aliphatic rings. The summed E-state index contributed by atoms with van der Waals surface area (Å²) in [5.41, 5.74) is 7.59. The maximum atomic E-state index is 5.88. The van der Waals surface area contributed by atoms with Crippen LogP contribution in [-0.2, 0) is 6.42 Å². The number of hydrogen-bond acceptors (Lipinski definition) is 2. The molecule has 5 rings (SSSR count). The lowest BCUT2D eigenvalue weighted by molar-refractivity contribution is 0.262. The van der Waals surface area contributed by atoms with E-state index in [0.717, 1.165) is 11.7 Å². The summed E-state index contributed by atoms with van der Waals surface area (Å²) in [5.74, 6) is 2.97. The van der Waals surface area contributed by atoms with E-state index in [4.69, 9.17) is 4.74 Å². The van der Waals surface area contributed by atoms with Gasteiger partial charge in [0.25, 0.3) is 0 Å². The van der Waals surface area contributed by atoms with Gasteiger partial charge in [-0.25, -0.2) is 0 Å². The molecule has 0 spiro atoms. The van der Waals surface area contributed by atoms with E-state index in [1.807, 2.05) is 7.11 Å². The maximum absolute atomic E-state index is 5.88. The van der Waals surface area contributed by atoms with Crippen molar-refractivity contribution in [2.75, 3.05) is 7.11 Å². The molecule has 3 atom stereocenters. The second-order valence-electron chi connectivity index (χ2n) is 10.9. The Morgan fingerprint density at radius 2 is 1.77 bits per heavy atom. The minimum Gasteiger partial charge on any atom is -0.496 e. The fraction of sp³-hybridized carbons (Fsp3) is 0.586. The fourth-order valence-electron chi connectivity index (χ4n) is 7.10. The van der Waals surface area contributed by atoms with Crippen molar-refractivity contribution < 1.29 is 4.74 Å². The van der Waals surface area contributed by atoms with Gasteiger partial charge in [-0.2, -0.15) is 0 Å².